The number of thiazole rings is 1. The first-order valence-electron chi connectivity index (χ1n) is 8.53. The quantitative estimate of drug-likeness (QED) is 0.269. The molecule has 2 unspecified atom stereocenters. The average molecular weight is 453 g/mol. The predicted octanol–water partition coefficient (Wildman–Crippen LogP) is 3.52. The van der Waals surface area contributed by atoms with Crippen molar-refractivity contribution in [3.8, 4) is 0 Å². The van der Waals surface area contributed by atoms with Gasteiger partial charge in [-0.25, -0.2) is 9.97 Å². The van der Waals surface area contributed by atoms with Gasteiger partial charge in [0.1, 0.15) is 16.8 Å². The van der Waals surface area contributed by atoms with Crippen molar-refractivity contribution in [2.75, 3.05) is 18.4 Å². The van der Waals surface area contributed by atoms with Crippen LogP contribution in [0.5, 0.6) is 0 Å². The minimum atomic E-state index is -0.700. The maximum atomic E-state index is 13.0. The van der Waals surface area contributed by atoms with Crippen LogP contribution in [0.2, 0.25) is 0 Å². The van der Waals surface area contributed by atoms with E-state index in [4.69, 9.17) is 23.2 Å². The van der Waals surface area contributed by atoms with Crippen LogP contribution >= 0.6 is 34.5 Å². The van der Waals surface area contributed by atoms with Gasteiger partial charge in [0, 0.05) is 31.4 Å². The highest BCUT2D eigenvalue weighted by Crippen LogP contribution is 2.31. The van der Waals surface area contributed by atoms with Crippen molar-refractivity contribution in [2.45, 2.75) is 11.0 Å². The number of pyridine rings is 1. The van der Waals surface area contributed by atoms with E-state index in [2.05, 4.69) is 20.6 Å². The molecule has 1 aliphatic rings. The molecule has 1 amide bonds. The minimum absolute atomic E-state index is 0.0365. The summed E-state index contributed by atoms with van der Waals surface area (Å²) in [5.74, 6) is 0.0177. The first-order chi connectivity index (χ1) is 13.9. The number of halogens is 2. The summed E-state index contributed by atoms with van der Waals surface area (Å²) in [6.45, 7) is 0.943. The molecule has 3 aromatic rings. The molecule has 0 spiro atoms. The number of carbonyl (C=O) groups excluding carboxylic acids is 1. The summed E-state index contributed by atoms with van der Waals surface area (Å²) >= 11 is 13.7. The number of rotatable bonds is 4. The lowest BCUT2D eigenvalue weighted by molar-refractivity contribution is -0.384. The smallest absolute Gasteiger partial charge is 0.271 e. The Hall–Kier alpha value is -2.53. The zero-order chi connectivity index (χ0) is 20.5. The molecule has 150 valence electrons. The number of nitro benzene ring substituents is 1. The molecule has 29 heavy (non-hydrogen) atoms. The highest BCUT2D eigenvalue weighted by atomic mass is 35.5. The van der Waals surface area contributed by atoms with E-state index in [0.717, 1.165) is 4.70 Å². The standard InChI is InChI=1S/C17H14Cl2N6O3S/c18-13-14(19)24(7-6-20-13)16(26)10-2-1-5-21-15(10)23-17-22-11-8-9(25(27)28)3-4-12(11)29-17/h1-5,8,13-14,20H,6-7H2,(H,21,22,23). The van der Waals surface area contributed by atoms with E-state index in [1.54, 1.807) is 24.4 Å². The molecule has 2 N–H and O–H groups in total. The maximum Gasteiger partial charge on any atom is 0.271 e. The average Bonchev–Trinajstić information content (AvgIpc) is 3.11. The van der Waals surface area contributed by atoms with Gasteiger partial charge in [-0.3, -0.25) is 20.2 Å². The van der Waals surface area contributed by atoms with Crippen LogP contribution in [0.3, 0.4) is 0 Å². The van der Waals surface area contributed by atoms with E-state index in [0.29, 0.717) is 35.1 Å². The Morgan fingerprint density at radius 3 is 3.00 bits per heavy atom. The highest BCUT2D eigenvalue weighted by Gasteiger charge is 2.33. The first kappa shape index (κ1) is 19.8. The van der Waals surface area contributed by atoms with Crippen molar-refractivity contribution < 1.29 is 9.72 Å². The number of nitro groups is 1. The van der Waals surface area contributed by atoms with Crippen LogP contribution < -0.4 is 10.6 Å². The highest BCUT2D eigenvalue weighted by molar-refractivity contribution is 7.22. The summed E-state index contributed by atoms with van der Waals surface area (Å²) in [4.78, 5) is 33.6. The van der Waals surface area contributed by atoms with Crippen LogP contribution in [0.25, 0.3) is 10.2 Å². The summed E-state index contributed by atoms with van der Waals surface area (Å²) < 4.78 is 0.773. The molecule has 9 nitrogen and oxygen atoms in total. The number of aromatic nitrogens is 2. The van der Waals surface area contributed by atoms with Crippen LogP contribution in [-0.4, -0.2) is 49.8 Å². The second-order valence-electron chi connectivity index (χ2n) is 6.18. The summed E-state index contributed by atoms with van der Waals surface area (Å²) in [6, 6.07) is 7.77. The Bertz CT molecular complexity index is 1090. The Morgan fingerprint density at radius 2 is 2.21 bits per heavy atom. The number of hydrogen-bond donors (Lipinski definition) is 2. The molecule has 1 saturated heterocycles. The number of non-ortho nitro benzene ring substituents is 1. The number of nitrogens with one attached hydrogen (secondary N) is 2. The molecular weight excluding hydrogens is 439 g/mol. The third kappa shape index (κ3) is 3.97. The van der Waals surface area contributed by atoms with Gasteiger partial charge in [0.05, 0.1) is 20.7 Å². The Balaban J connectivity index is 1.62. The van der Waals surface area contributed by atoms with Crippen LogP contribution in [0.15, 0.2) is 36.5 Å². The van der Waals surface area contributed by atoms with Crippen LogP contribution in [-0.2, 0) is 0 Å². The van der Waals surface area contributed by atoms with Crippen molar-refractivity contribution in [3.05, 3.63) is 52.2 Å². The van der Waals surface area contributed by atoms with Crippen molar-refractivity contribution in [3.63, 3.8) is 0 Å². The topological polar surface area (TPSA) is 113 Å². The molecule has 3 heterocycles. The molecule has 0 radical (unpaired) electrons. The van der Waals surface area contributed by atoms with Crippen molar-refractivity contribution in [2.24, 2.45) is 0 Å². The van der Waals surface area contributed by atoms with Gasteiger partial charge in [0.15, 0.2) is 5.13 Å². The molecule has 1 aliphatic heterocycles. The number of alkyl halides is 2. The maximum absolute atomic E-state index is 13.0. The van der Waals surface area contributed by atoms with Gasteiger partial charge in [-0.1, -0.05) is 22.9 Å². The molecule has 4 rings (SSSR count). The van der Waals surface area contributed by atoms with E-state index in [-0.39, 0.29) is 11.6 Å². The normalized spacial score (nSPS) is 19.3. The number of carbonyl (C=O) groups is 1. The number of benzene rings is 1. The second-order valence-corrected chi connectivity index (χ2v) is 8.13. The van der Waals surface area contributed by atoms with E-state index >= 15 is 0 Å². The molecule has 0 saturated carbocycles. The van der Waals surface area contributed by atoms with Crippen LogP contribution in [0.4, 0.5) is 16.6 Å². The van der Waals surface area contributed by atoms with E-state index in [1.807, 2.05) is 0 Å². The number of anilines is 2. The molecular formula is C17H14Cl2N6O3S. The Morgan fingerprint density at radius 1 is 1.38 bits per heavy atom. The first-order valence-corrected chi connectivity index (χ1v) is 10.2. The summed E-state index contributed by atoms with van der Waals surface area (Å²) in [5.41, 5.74) is -0.473. The van der Waals surface area contributed by atoms with Gasteiger partial charge in [0.25, 0.3) is 11.6 Å². The third-order valence-corrected chi connectivity index (χ3v) is 6.30. The number of nitrogens with zero attached hydrogens (tertiary/aromatic N) is 4. The Labute approximate surface area is 178 Å². The molecule has 12 heteroatoms. The molecule has 2 aromatic heterocycles. The molecule has 1 aromatic carbocycles. The summed E-state index contributed by atoms with van der Waals surface area (Å²) in [7, 11) is 0. The van der Waals surface area contributed by atoms with Gasteiger partial charge in [-0.05, 0) is 18.2 Å². The van der Waals surface area contributed by atoms with E-state index in [1.165, 1.54) is 28.4 Å². The largest absolute Gasteiger partial charge is 0.318 e. The lowest BCUT2D eigenvalue weighted by Gasteiger charge is -2.35. The van der Waals surface area contributed by atoms with E-state index < -0.39 is 15.9 Å². The van der Waals surface area contributed by atoms with Gasteiger partial charge in [0.2, 0.25) is 0 Å². The van der Waals surface area contributed by atoms with Gasteiger partial charge in [-0.2, -0.15) is 0 Å². The molecule has 0 bridgehead atoms. The predicted molar refractivity (Wildman–Crippen MR) is 112 cm³/mol. The Kier molecular flexibility index (Phi) is 5.50. The minimum Gasteiger partial charge on any atom is -0.318 e. The molecule has 1 fully saturated rings. The fraction of sp³-hybridized carbons (Fsp3) is 0.235. The number of amides is 1. The molecule has 2 atom stereocenters. The van der Waals surface area contributed by atoms with Crippen molar-refractivity contribution in [1.82, 2.24) is 20.2 Å². The number of fused-ring (bicyclic) bond motifs is 1. The SMILES string of the molecule is O=C(c1cccnc1Nc1nc2cc([N+](=O)[O-])ccc2s1)N1CCNC(Cl)C1Cl. The monoisotopic (exact) mass is 452 g/mol. The fourth-order valence-corrected chi connectivity index (χ4v) is 4.30. The zero-order valence-corrected chi connectivity index (χ0v) is 17.0. The van der Waals surface area contributed by atoms with Crippen molar-refractivity contribution >= 4 is 67.3 Å². The van der Waals surface area contributed by atoms with E-state index in [9.17, 15) is 14.9 Å². The third-order valence-electron chi connectivity index (χ3n) is 4.34. The second kappa shape index (κ2) is 8.07. The number of hydrogen-bond acceptors (Lipinski definition) is 8. The van der Waals surface area contributed by atoms with Gasteiger partial charge in [-0.15, -0.1) is 11.6 Å². The lowest BCUT2D eigenvalue weighted by Crippen LogP contribution is -2.55. The molecule has 0 aliphatic carbocycles. The van der Waals surface area contributed by atoms with Crippen LogP contribution in [0, 0.1) is 10.1 Å². The van der Waals surface area contributed by atoms with Crippen molar-refractivity contribution in [1.29, 1.82) is 0 Å². The van der Waals surface area contributed by atoms with Gasteiger partial charge >= 0.3 is 0 Å². The summed E-state index contributed by atoms with van der Waals surface area (Å²) in [6.07, 6.45) is 1.55. The summed E-state index contributed by atoms with van der Waals surface area (Å²) in [5, 5.41) is 17.5. The van der Waals surface area contributed by atoms with Crippen LogP contribution in [0.1, 0.15) is 10.4 Å². The number of piperazine rings is 1. The van der Waals surface area contributed by atoms with Gasteiger partial charge < -0.3 is 10.2 Å². The zero-order valence-electron chi connectivity index (χ0n) is 14.7. The lowest BCUT2D eigenvalue weighted by atomic mass is 10.2. The fourth-order valence-electron chi connectivity index (χ4n) is 2.93.